The number of rotatable bonds is 14. The average Bonchev–Trinajstić information content (AvgIpc) is 2.57. The monoisotopic (exact) mass is 324 g/mol. The molecule has 0 rings (SSSR count). The van der Waals surface area contributed by atoms with Crippen LogP contribution in [0.25, 0.3) is 0 Å². The topological polar surface area (TPSA) is 63.6 Å². The van der Waals surface area contributed by atoms with E-state index in [1.54, 1.807) is 0 Å². The normalized spacial score (nSPS) is 14.2. The predicted octanol–water partition coefficient (Wildman–Crippen LogP) is 3.98. The fourth-order valence-corrected chi connectivity index (χ4v) is 2.18. The van der Waals surface area contributed by atoms with Crippen LogP contribution in [0.3, 0.4) is 0 Å². The molecular formula is C19H32O4. The van der Waals surface area contributed by atoms with Gasteiger partial charge in [-0.05, 0) is 38.5 Å². The van der Waals surface area contributed by atoms with E-state index in [0.29, 0.717) is 19.3 Å². The summed E-state index contributed by atoms with van der Waals surface area (Å²) >= 11 is 0. The lowest BCUT2D eigenvalue weighted by molar-refractivity contribution is -0.150. The Morgan fingerprint density at radius 3 is 2.26 bits per heavy atom. The molecule has 0 aliphatic rings. The van der Waals surface area contributed by atoms with Crippen molar-refractivity contribution >= 4 is 12.3 Å². The SMILES string of the molecule is CCCCCCC=CC[C@@H](C=O)CC=CCC[C@H](O)C(=O)OC. The third-order valence-corrected chi connectivity index (χ3v) is 3.71. The number of unbranched alkanes of at least 4 members (excludes halogenated alkanes) is 4. The third kappa shape index (κ3) is 12.8. The van der Waals surface area contributed by atoms with Gasteiger partial charge in [-0.1, -0.05) is 50.5 Å². The van der Waals surface area contributed by atoms with Gasteiger partial charge in [-0.15, -0.1) is 0 Å². The number of methoxy groups -OCH3 is 1. The van der Waals surface area contributed by atoms with Crippen LogP contribution in [0.5, 0.6) is 0 Å². The molecule has 23 heavy (non-hydrogen) atoms. The van der Waals surface area contributed by atoms with Crippen molar-refractivity contribution in [2.75, 3.05) is 7.11 Å². The number of aliphatic hydroxyl groups excluding tert-OH is 1. The zero-order valence-corrected chi connectivity index (χ0v) is 14.6. The van der Waals surface area contributed by atoms with Crippen LogP contribution >= 0.6 is 0 Å². The summed E-state index contributed by atoms with van der Waals surface area (Å²) in [6.45, 7) is 2.20. The Morgan fingerprint density at radius 1 is 1.04 bits per heavy atom. The predicted molar refractivity (Wildman–Crippen MR) is 93.1 cm³/mol. The molecule has 0 unspecified atom stereocenters. The number of aliphatic hydroxyl groups is 1. The van der Waals surface area contributed by atoms with Crippen LogP contribution in [-0.4, -0.2) is 30.6 Å². The highest BCUT2D eigenvalue weighted by atomic mass is 16.5. The Bertz CT molecular complexity index is 360. The standard InChI is InChI=1S/C19H32O4/c1-3-4-5-6-7-8-10-13-17(16-20)14-11-9-12-15-18(21)19(22)23-2/h8-11,16-18,21H,3-7,12-15H2,1-2H3/t17-,18+/m1/s1. The Kier molecular flexibility index (Phi) is 14.5. The van der Waals surface area contributed by atoms with Crippen LogP contribution in [0.2, 0.25) is 0 Å². The quantitative estimate of drug-likeness (QED) is 0.227. The molecule has 0 amide bonds. The number of ether oxygens (including phenoxy) is 1. The summed E-state index contributed by atoms with van der Waals surface area (Å²) in [7, 11) is 1.26. The minimum atomic E-state index is -1.07. The second-order valence-corrected chi connectivity index (χ2v) is 5.78. The molecule has 0 saturated carbocycles. The number of aldehydes is 1. The zero-order valence-electron chi connectivity index (χ0n) is 14.6. The second kappa shape index (κ2) is 15.5. The number of carbonyl (C=O) groups is 2. The number of allylic oxidation sites excluding steroid dienone is 4. The molecule has 0 fully saturated rings. The molecule has 132 valence electrons. The van der Waals surface area contributed by atoms with E-state index in [4.69, 9.17) is 0 Å². The first kappa shape index (κ1) is 21.6. The van der Waals surface area contributed by atoms with Crippen molar-refractivity contribution in [1.29, 1.82) is 0 Å². The van der Waals surface area contributed by atoms with E-state index >= 15 is 0 Å². The van der Waals surface area contributed by atoms with Crippen LogP contribution in [0.15, 0.2) is 24.3 Å². The molecule has 4 heteroatoms. The minimum Gasteiger partial charge on any atom is -0.467 e. The molecule has 2 atom stereocenters. The van der Waals surface area contributed by atoms with E-state index in [1.165, 1.54) is 32.8 Å². The van der Waals surface area contributed by atoms with Crippen molar-refractivity contribution in [1.82, 2.24) is 0 Å². The van der Waals surface area contributed by atoms with Gasteiger partial charge < -0.3 is 14.6 Å². The number of hydrogen-bond donors (Lipinski definition) is 1. The highest BCUT2D eigenvalue weighted by Gasteiger charge is 2.13. The van der Waals surface area contributed by atoms with Gasteiger partial charge >= 0.3 is 5.97 Å². The summed E-state index contributed by atoms with van der Waals surface area (Å²) in [5.41, 5.74) is 0. The number of esters is 1. The van der Waals surface area contributed by atoms with Crippen molar-refractivity contribution in [3.8, 4) is 0 Å². The smallest absolute Gasteiger partial charge is 0.334 e. The highest BCUT2D eigenvalue weighted by Crippen LogP contribution is 2.10. The Balaban J connectivity index is 3.80. The molecule has 0 aliphatic carbocycles. The van der Waals surface area contributed by atoms with Crippen LogP contribution in [0.4, 0.5) is 0 Å². The van der Waals surface area contributed by atoms with Gasteiger partial charge in [0.05, 0.1) is 7.11 Å². The highest BCUT2D eigenvalue weighted by molar-refractivity contribution is 5.74. The maximum absolute atomic E-state index is 11.0. The van der Waals surface area contributed by atoms with E-state index in [9.17, 15) is 14.7 Å². The fourth-order valence-electron chi connectivity index (χ4n) is 2.18. The molecule has 0 aromatic rings. The molecule has 0 spiro atoms. The second-order valence-electron chi connectivity index (χ2n) is 5.78. The lowest BCUT2D eigenvalue weighted by Gasteiger charge is -2.06. The van der Waals surface area contributed by atoms with Crippen molar-refractivity contribution in [2.45, 2.75) is 70.8 Å². The maximum atomic E-state index is 11.0. The molecule has 1 N–H and O–H groups in total. The van der Waals surface area contributed by atoms with Gasteiger partial charge in [-0.25, -0.2) is 4.79 Å². The number of hydrogen-bond acceptors (Lipinski definition) is 4. The lowest BCUT2D eigenvalue weighted by Crippen LogP contribution is -2.21. The third-order valence-electron chi connectivity index (χ3n) is 3.71. The van der Waals surface area contributed by atoms with Crippen molar-refractivity contribution < 1.29 is 19.4 Å². The van der Waals surface area contributed by atoms with Gasteiger partial charge in [0.2, 0.25) is 0 Å². The summed E-state index contributed by atoms with van der Waals surface area (Å²) in [5, 5.41) is 9.42. The molecule has 0 aliphatic heterocycles. The van der Waals surface area contributed by atoms with Crippen LogP contribution in [-0.2, 0) is 14.3 Å². The van der Waals surface area contributed by atoms with Crippen molar-refractivity contribution in [3.05, 3.63) is 24.3 Å². The van der Waals surface area contributed by atoms with E-state index in [-0.39, 0.29) is 5.92 Å². The van der Waals surface area contributed by atoms with Gasteiger partial charge in [0.25, 0.3) is 0 Å². The Morgan fingerprint density at radius 2 is 1.70 bits per heavy atom. The van der Waals surface area contributed by atoms with Crippen molar-refractivity contribution in [3.63, 3.8) is 0 Å². The van der Waals surface area contributed by atoms with Crippen molar-refractivity contribution in [2.24, 2.45) is 5.92 Å². The van der Waals surface area contributed by atoms with Crippen LogP contribution in [0.1, 0.15) is 64.7 Å². The Hall–Kier alpha value is -1.42. The molecule has 0 radical (unpaired) electrons. The average molecular weight is 324 g/mol. The summed E-state index contributed by atoms with van der Waals surface area (Å²) in [5.74, 6) is -0.600. The fraction of sp³-hybridized carbons (Fsp3) is 0.684. The van der Waals surface area contributed by atoms with E-state index in [0.717, 1.165) is 19.1 Å². The summed E-state index contributed by atoms with van der Waals surface area (Å²) in [6, 6.07) is 0. The van der Waals surface area contributed by atoms with E-state index in [2.05, 4.69) is 23.8 Å². The Labute approximate surface area is 140 Å². The van der Waals surface area contributed by atoms with Gasteiger partial charge in [0.15, 0.2) is 6.10 Å². The van der Waals surface area contributed by atoms with E-state index in [1.807, 2.05) is 12.2 Å². The minimum absolute atomic E-state index is 0.00340. The van der Waals surface area contributed by atoms with Gasteiger partial charge in [0, 0.05) is 5.92 Å². The van der Waals surface area contributed by atoms with E-state index < -0.39 is 12.1 Å². The first-order valence-corrected chi connectivity index (χ1v) is 8.66. The maximum Gasteiger partial charge on any atom is 0.334 e. The zero-order chi connectivity index (χ0) is 17.3. The molecule has 0 aromatic heterocycles. The molecule has 0 saturated heterocycles. The van der Waals surface area contributed by atoms with Gasteiger partial charge in [-0.3, -0.25) is 0 Å². The summed E-state index contributed by atoms with van der Waals surface area (Å²) < 4.78 is 4.44. The van der Waals surface area contributed by atoms with Crippen LogP contribution in [0, 0.1) is 5.92 Å². The van der Waals surface area contributed by atoms with Crippen LogP contribution < -0.4 is 0 Å². The summed E-state index contributed by atoms with van der Waals surface area (Å²) in [6.07, 6.45) is 16.6. The molecular weight excluding hydrogens is 292 g/mol. The molecule has 0 heterocycles. The molecule has 0 bridgehead atoms. The lowest BCUT2D eigenvalue weighted by atomic mass is 10.0. The van der Waals surface area contributed by atoms with Gasteiger partial charge in [-0.2, -0.15) is 0 Å². The number of carbonyl (C=O) groups excluding carboxylic acids is 2. The summed E-state index contributed by atoms with van der Waals surface area (Å²) in [4.78, 5) is 22.1. The molecule has 4 nitrogen and oxygen atoms in total. The largest absolute Gasteiger partial charge is 0.467 e. The van der Waals surface area contributed by atoms with Gasteiger partial charge in [0.1, 0.15) is 6.29 Å². The molecule has 0 aromatic carbocycles. The first-order valence-electron chi connectivity index (χ1n) is 8.66. The first-order chi connectivity index (χ1) is 11.2.